The highest BCUT2D eigenvalue weighted by molar-refractivity contribution is 4.91. The topological polar surface area (TPSA) is 44.5 Å². The highest BCUT2D eigenvalue weighted by Gasteiger charge is 2.40. The number of nitrogens with two attached hydrogens (primary N) is 1. The van der Waals surface area contributed by atoms with E-state index in [1.807, 2.05) is 0 Å². The van der Waals surface area contributed by atoms with E-state index < -0.39 is 0 Å². The smallest absolute Gasteiger partial charge is 0.0817 e. The van der Waals surface area contributed by atoms with Gasteiger partial charge < -0.3 is 15.2 Å². The maximum absolute atomic E-state index is 6.21. The monoisotopic (exact) mass is 227 g/mol. The maximum atomic E-state index is 6.21. The molecule has 1 heterocycles. The van der Waals surface area contributed by atoms with Gasteiger partial charge in [0.2, 0.25) is 0 Å². The van der Waals surface area contributed by atoms with Gasteiger partial charge in [-0.25, -0.2) is 0 Å². The molecule has 1 atom stereocenters. The lowest BCUT2D eigenvalue weighted by atomic mass is 9.83. The van der Waals surface area contributed by atoms with Gasteiger partial charge in [0, 0.05) is 6.61 Å². The average Bonchev–Trinajstić information content (AvgIpc) is 2.69. The van der Waals surface area contributed by atoms with Crippen LogP contribution in [0.3, 0.4) is 0 Å². The predicted molar refractivity (Wildman–Crippen MR) is 64.4 cm³/mol. The van der Waals surface area contributed by atoms with Crippen LogP contribution < -0.4 is 5.73 Å². The Hall–Kier alpha value is -0.120. The second-order valence-electron chi connectivity index (χ2n) is 5.24. The summed E-state index contributed by atoms with van der Waals surface area (Å²) >= 11 is 0. The summed E-state index contributed by atoms with van der Waals surface area (Å²) in [5, 5.41) is 0. The lowest BCUT2D eigenvalue weighted by Crippen LogP contribution is -2.32. The largest absolute Gasteiger partial charge is 0.379 e. The van der Waals surface area contributed by atoms with Crippen LogP contribution >= 0.6 is 0 Å². The molecule has 1 aliphatic heterocycles. The number of ether oxygens (including phenoxy) is 2. The van der Waals surface area contributed by atoms with Crippen molar-refractivity contribution in [3.05, 3.63) is 0 Å². The van der Waals surface area contributed by atoms with E-state index >= 15 is 0 Å². The van der Waals surface area contributed by atoms with Crippen LogP contribution in [-0.4, -0.2) is 31.5 Å². The Morgan fingerprint density at radius 1 is 1.19 bits per heavy atom. The lowest BCUT2D eigenvalue weighted by Gasteiger charge is -2.33. The predicted octanol–water partition coefficient (Wildman–Crippen LogP) is 2.23. The molecule has 0 radical (unpaired) electrons. The van der Waals surface area contributed by atoms with Crippen LogP contribution in [0.1, 0.15) is 51.4 Å². The van der Waals surface area contributed by atoms with Gasteiger partial charge in [0.05, 0.1) is 18.3 Å². The Balaban J connectivity index is 1.66. The fourth-order valence-corrected chi connectivity index (χ4v) is 2.98. The van der Waals surface area contributed by atoms with Gasteiger partial charge in [0.25, 0.3) is 0 Å². The van der Waals surface area contributed by atoms with Crippen molar-refractivity contribution in [2.45, 2.75) is 63.1 Å². The molecule has 1 saturated carbocycles. The second kappa shape index (κ2) is 5.99. The summed E-state index contributed by atoms with van der Waals surface area (Å²) in [6.45, 7) is 2.26. The quantitative estimate of drug-likeness (QED) is 0.733. The Morgan fingerprint density at radius 2 is 2.00 bits per heavy atom. The molecule has 2 N–H and O–H groups in total. The van der Waals surface area contributed by atoms with Crippen LogP contribution in [0, 0.1) is 0 Å². The summed E-state index contributed by atoms with van der Waals surface area (Å²) < 4.78 is 11.8. The van der Waals surface area contributed by atoms with E-state index in [4.69, 9.17) is 15.2 Å². The standard InChI is InChI=1S/C13H25NO2/c14-9-4-10-15-11-12-5-8-13(16-12)6-2-1-3-7-13/h12H,1-11,14H2. The van der Waals surface area contributed by atoms with Gasteiger partial charge in [-0.2, -0.15) is 0 Å². The molecule has 0 aromatic rings. The first kappa shape index (κ1) is 12.3. The third-order valence-corrected chi connectivity index (χ3v) is 3.90. The molecule has 0 bridgehead atoms. The normalized spacial score (nSPS) is 28.7. The highest BCUT2D eigenvalue weighted by Crippen LogP contribution is 2.41. The van der Waals surface area contributed by atoms with Crippen molar-refractivity contribution in [2.24, 2.45) is 5.73 Å². The zero-order valence-corrected chi connectivity index (χ0v) is 10.2. The third kappa shape index (κ3) is 3.19. The molecule has 2 aliphatic rings. The third-order valence-electron chi connectivity index (χ3n) is 3.90. The van der Waals surface area contributed by atoms with Gasteiger partial charge in [-0.05, 0) is 38.6 Å². The van der Waals surface area contributed by atoms with Crippen molar-refractivity contribution >= 4 is 0 Å². The summed E-state index contributed by atoms with van der Waals surface area (Å²) in [6.07, 6.45) is 10.4. The Bertz CT molecular complexity index is 202. The van der Waals surface area contributed by atoms with E-state index in [1.165, 1.54) is 44.9 Å². The molecule has 3 heteroatoms. The first-order valence-electron chi connectivity index (χ1n) is 6.80. The molecular formula is C13H25NO2. The molecule has 2 fully saturated rings. The number of hydrogen-bond acceptors (Lipinski definition) is 3. The van der Waals surface area contributed by atoms with Crippen molar-refractivity contribution in [3.8, 4) is 0 Å². The molecule has 2 rings (SSSR count). The van der Waals surface area contributed by atoms with Crippen molar-refractivity contribution in [1.29, 1.82) is 0 Å². The van der Waals surface area contributed by atoms with Crippen molar-refractivity contribution in [1.82, 2.24) is 0 Å². The van der Waals surface area contributed by atoms with E-state index in [0.29, 0.717) is 6.10 Å². The number of hydrogen-bond donors (Lipinski definition) is 1. The van der Waals surface area contributed by atoms with E-state index in [0.717, 1.165) is 26.2 Å². The minimum atomic E-state index is 0.236. The van der Waals surface area contributed by atoms with Gasteiger partial charge in [-0.1, -0.05) is 19.3 Å². The van der Waals surface area contributed by atoms with Crippen molar-refractivity contribution < 1.29 is 9.47 Å². The zero-order valence-electron chi connectivity index (χ0n) is 10.2. The van der Waals surface area contributed by atoms with Gasteiger partial charge in [-0.3, -0.25) is 0 Å². The van der Waals surface area contributed by atoms with Gasteiger partial charge in [0.15, 0.2) is 0 Å². The van der Waals surface area contributed by atoms with E-state index in [2.05, 4.69) is 0 Å². The summed E-state index contributed by atoms with van der Waals surface area (Å²) in [5.41, 5.74) is 5.66. The Kier molecular flexibility index (Phi) is 4.62. The maximum Gasteiger partial charge on any atom is 0.0817 e. The molecule has 1 spiro atoms. The molecule has 1 saturated heterocycles. The zero-order chi connectivity index (χ0) is 11.3. The molecule has 0 aromatic heterocycles. The molecule has 1 unspecified atom stereocenters. The average molecular weight is 227 g/mol. The van der Waals surface area contributed by atoms with E-state index in [9.17, 15) is 0 Å². The highest BCUT2D eigenvalue weighted by atomic mass is 16.6. The van der Waals surface area contributed by atoms with E-state index in [1.54, 1.807) is 0 Å². The van der Waals surface area contributed by atoms with Crippen LogP contribution in [0.25, 0.3) is 0 Å². The van der Waals surface area contributed by atoms with Crippen LogP contribution in [-0.2, 0) is 9.47 Å². The Morgan fingerprint density at radius 3 is 2.75 bits per heavy atom. The van der Waals surface area contributed by atoms with Crippen LogP contribution in [0.4, 0.5) is 0 Å². The second-order valence-corrected chi connectivity index (χ2v) is 5.24. The van der Waals surface area contributed by atoms with Crippen molar-refractivity contribution in [2.75, 3.05) is 19.8 Å². The number of rotatable bonds is 5. The molecule has 94 valence electrons. The van der Waals surface area contributed by atoms with Crippen LogP contribution in [0.5, 0.6) is 0 Å². The SMILES string of the molecule is NCCCOCC1CCC2(CCCCC2)O1. The van der Waals surface area contributed by atoms with Gasteiger partial charge in [-0.15, -0.1) is 0 Å². The van der Waals surface area contributed by atoms with Crippen LogP contribution in [0.2, 0.25) is 0 Å². The molecule has 16 heavy (non-hydrogen) atoms. The molecule has 0 aromatic carbocycles. The summed E-state index contributed by atoms with van der Waals surface area (Å²) in [4.78, 5) is 0. The Labute approximate surface area is 98.7 Å². The fourth-order valence-electron chi connectivity index (χ4n) is 2.98. The summed E-state index contributed by atoms with van der Waals surface area (Å²) in [7, 11) is 0. The van der Waals surface area contributed by atoms with Crippen molar-refractivity contribution in [3.63, 3.8) is 0 Å². The minimum absolute atomic E-state index is 0.236. The molecule has 1 aliphatic carbocycles. The first-order valence-corrected chi connectivity index (χ1v) is 6.80. The summed E-state index contributed by atoms with van der Waals surface area (Å²) in [6, 6.07) is 0. The van der Waals surface area contributed by atoms with Gasteiger partial charge in [0.1, 0.15) is 0 Å². The molecule has 3 nitrogen and oxygen atoms in total. The summed E-state index contributed by atoms with van der Waals surface area (Å²) in [5.74, 6) is 0. The van der Waals surface area contributed by atoms with Crippen LogP contribution in [0.15, 0.2) is 0 Å². The molecule has 0 amide bonds. The van der Waals surface area contributed by atoms with E-state index in [-0.39, 0.29) is 5.60 Å². The fraction of sp³-hybridized carbons (Fsp3) is 1.00. The van der Waals surface area contributed by atoms with Gasteiger partial charge >= 0.3 is 0 Å². The first-order chi connectivity index (χ1) is 7.85. The minimum Gasteiger partial charge on any atom is -0.379 e. The molecular weight excluding hydrogens is 202 g/mol. The lowest BCUT2D eigenvalue weighted by molar-refractivity contribution is -0.0879.